The third-order valence-corrected chi connectivity index (χ3v) is 1.76. The molecule has 0 unspecified atom stereocenters. The predicted octanol–water partition coefficient (Wildman–Crippen LogP) is 2.62. The summed E-state index contributed by atoms with van der Waals surface area (Å²) in [5, 5.41) is 0. The lowest BCUT2D eigenvalue weighted by Gasteiger charge is -1.99. The smallest absolute Gasteiger partial charge is 0.185 e. The summed E-state index contributed by atoms with van der Waals surface area (Å²) in [4.78, 5) is 11.4. The second-order valence-corrected chi connectivity index (χ2v) is 2.69. The van der Waals surface area contributed by atoms with E-state index in [9.17, 15) is 4.79 Å². The Hall–Kier alpha value is -1.83. The molecule has 0 N–H and O–H groups in total. The molecule has 14 heavy (non-hydrogen) atoms. The maximum Gasteiger partial charge on any atom is 0.185 e. The minimum absolute atomic E-state index is 0.0347. The van der Waals surface area contributed by atoms with Crippen molar-refractivity contribution in [1.29, 1.82) is 0 Å². The van der Waals surface area contributed by atoms with Gasteiger partial charge in [0, 0.05) is 5.56 Å². The van der Waals surface area contributed by atoms with Gasteiger partial charge in [0.15, 0.2) is 5.78 Å². The molecule has 1 aromatic rings. The van der Waals surface area contributed by atoms with Crippen LogP contribution in [0.1, 0.15) is 10.4 Å². The van der Waals surface area contributed by atoms with Crippen molar-refractivity contribution < 1.29 is 9.53 Å². The van der Waals surface area contributed by atoms with Gasteiger partial charge >= 0.3 is 0 Å². The van der Waals surface area contributed by atoms with Crippen molar-refractivity contribution in [2.75, 3.05) is 7.11 Å². The maximum absolute atomic E-state index is 11.4. The summed E-state index contributed by atoms with van der Waals surface area (Å²) in [7, 11) is 1.59. The van der Waals surface area contributed by atoms with Crippen LogP contribution in [0.5, 0.6) is 5.75 Å². The van der Waals surface area contributed by atoms with Crippen LogP contribution in [-0.2, 0) is 0 Å². The third kappa shape index (κ3) is 2.59. The van der Waals surface area contributed by atoms with Crippen LogP contribution in [0.15, 0.2) is 49.1 Å². The highest BCUT2D eigenvalue weighted by atomic mass is 16.5. The molecule has 0 aliphatic heterocycles. The number of allylic oxidation sites excluding steroid dienone is 3. The summed E-state index contributed by atoms with van der Waals surface area (Å²) in [6.07, 6.45) is 4.67. The predicted molar refractivity (Wildman–Crippen MR) is 56.7 cm³/mol. The first-order valence-electron chi connectivity index (χ1n) is 4.25. The van der Waals surface area contributed by atoms with Crippen LogP contribution in [-0.4, -0.2) is 12.9 Å². The molecule has 0 radical (unpaired) electrons. The van der Waals surface area contributed by atoms with E-state index in [4.69, 9.17) is 4.74 Å². The number of carbonyl (C=O) groups is 1. The molecule has 0 atom stereocenters. The Labute approximate surface area is 83.5 Å². The van der Waals surface area contributed by atoms with Gasteiger partial charge in [0.25, 0.3) is 0 Å². The summed E-state index contributed by atoms with van der Waals surface area (Å²) in [5.41, 5.74) is 0.643. The molecule has 0 heterocycles. The molecular formula is C12H12O2. The Morgan fingerprint density at radius 2 is 2.00 bits per heavy atom. The number of rotatable bonds is 4. The van der Waals surface area contributed by atoms with Crippen molar-refractivity contribution in [2.24, 2.45) is 0 Å². The van der Waals surface area contributed by atoms with Crippen molar-refractivity contribution in [3.05, 3.63) is 54.6 Å². The second-order valence-electron chi connectivity index (χ2n) is 2.69. The van der Waals surface area contributed by atoms with Crippen molar-refractivity contribution >= 4 is 5.78 Å². The van der Waals surface area contributed by atoms with E-state index in [-0.39, 0.29) is 5.78 Å². The summed E-state index contributed by atoms with van der Waals surface area (Å²) < 4.78 is 4.98. The van der Waals surface area contributed by atoms with Gasteiger partial charge in [-0.25, -0.2) is 0 Å². The minimum atomic E-state index is -0.0347. The van der Waals surface area contributed by atoms with Gasteiger partial charge in [0.1, 0.15) is 5.75 Å². The number of methoxy groups -OCH3 is 1. The molecule has 0 spiro atoms. The molecule has 0 aromatic heterocycles. The van der Waals surface area contributed by atoms with Gasteiger partial charge in [-0.15, -0.1) is 0 Å². The Morgan fingerprint density at radius 1 is 1.36 bits per heavy atom. The van der Waals surface area contributed by atoms with Crippen LogP contribution in [0, 0.1) is 0 Å². The van der Waals surface area contributed by atoms with Crippen LogP contribution in [0.2, 0.25) is 0 Å². The van der Waals surface area contributed by atoms with Gasteiger partial charge in [-0.2, -0.15) is 0 Å². The molecule has 0 aliphatic carbocycles. The fourth-order valence-corrected chi connectivity index (χ4v) is 1.01. The van der Waals surface area contributed by atoms with Crippen molar-refractivity contribution in [1.82, 2.24) is 0 Å². The van der Waals surface area contributed by atoms with E-state index in [0.717, 1.165) is 5.75 Å². The number of benzene rings is 1. The number of ether oxygens (including phenoxy) is 1. The van der Waals surface area contributed by atoms with Gasteiger partial charge in [-0.05, 0) is 30.3 Å². The van der Waals surface area contributed by atoms with Crippen LogP contribution < -0.4 is 4.74 Å². The van der Waals surface area contributed by atoms with Crippen LogP contribution in [0.3, 0.4) is 0 Å². The van der Waals surface area contributed by atoms with E-state index in [1.54, 1.807) is 43.5 Å². The molecule has 0 saturated carbocycles. The molecule has 1 rings (SSSR count). The molecule has 1 aromatic carbocycles. The van der Waals surface area contributed by atoms with E-state index >= 15 is 0 Å². The SMILES string of the molecule is C=C/C=C/C(=O)c1ccc(OC)cc1. The lowest BCUT2D eigenvalue weighted by Crippen LogP contribution is -1.93. The third-order valence-electron chi connectivity index (χ3n) is 1.76. The topological polar surface area (TPSA) is 26.3 Å². The molecule has 0 amide bonds. The average molecular weight is 188 g/mol. The maximum atomic E-state index is 11.4. The van der Waals surface area contributed by atoms with Gasteiger partial charge in [0.05, 0.1) is 7.11 Å². The first kappa shape index (κ1) is 10.3. The Bertz CT molecular complexity index is 347. The van der Waals surface area contributed by atoms with E-state index in [1.807, 2.05) is 0 Å². The lowest BCUT2D eigenvalue weighted by atomic mass is 10.1. The Balaban J connectivity index is 2.81. The first-order chi connectivity index (χ1) is 6.77. The molecular weight excluding hydrogens is 176 g/mol. The van der Waals surface area contributed by atoms with E-state index < -0.39 is 0 Å². The molecule has 0 aliphatic rings. The van der Waals surface area contributed by atoms with Crippen molar-refractivity contribution in [3.63, 3.8) is 0 Å². The molecule has 2 heteroatoms. The lowest BCUT2D eigenvalue weighted by molar-refractivity contribution is 0.104. The Kier molecular flexibility index (Phi) is 3.68. The second kappa shape index (κ2) is 5.02. The zero-order chi connectivity index (χ0) is 10.4. The van der Waals surface area contributed by atoms with Crippen LogP contribution >= 0.6 is 0 Å². The summed E-state index contributed by atoms with van der Waals surface area (Å²) in [5.74, 6) is 0.710. The largest absolute Gasteiger partial charge is 0.497 e. The quantitative estimate of drug-likeness (QED) is 0.412. The van der Waals surface area contributed by atoms with Gasteiger partial charge in [0.2, 0.25) is 0 Å². The van der Waals surface area contributed by atoms with Crippen LogP contribution in [0.25, 0.3) is 0 Å². The zero-order valence-corrected chi connectivity index (χ0v) is 8.07. The monoisotopic (exact) mass is 188 g/mol. The zero-order valence-electron chi connectivity index (χ0n) is 8.07. The average Bonchev–Trinajstić information content (AvgIpc) is 2.26. The molecule has 0 saturated heterocycles. The molecule has 0 fully saturated rings. The van der Waals surface area contributed by atoms with Crippen molar-refractivity contribution in [3.8, 4) is 5.75 Å². The summed E-state index contributed by atoms with van der Waals surface area (Å²) in [6, 6.07) is 6.98. The molecule has 2 nitrogen and oxygen atoms in total. The molecule has 0 bridgehead atoms. The highest BCUT2D eigenvalue weighted by Crippen LogP contribution is 2.11. The van der Waals surface area contributed by atoms with E-state index in [1.165, 1.54) is 6.08 Å². The summed E-state index contributed by atoms with van der Waals surface area (Å²) in [6.45, 7) is 3.49. The number of hydrogen-bond acceptors (Lipinski definition) is 2. The van der Waals surface area contributed by atoms with Gasteiger partial charge in [-0.3, -0.25) is 4.79 Å². The first-order valence-corrected chi connectivity index (χ1v) is 4.25. The highest BCUT2D eigenvalue weighted by molar-refractivity contribution is 6.04. The van der Waals surface area contributed by atoms with Gasteiger partial charge in [-0.1, -0.05) is 18.7 Å². The van der Waals surface area contributed by atoms with E-state index in [2.05, 4.69) is 6.58 Å². The van der Waals surface area contributed by atoms with Crippen LogP contribution in [0.4, 0.5) is 0 Å². The standard InChI is InChI=1S/C12H12O2/c1-3-4-5-12(13)10-6-8-11(14-2)9-7-10/h3-9H,1H2,2H3/b5-4+. The highest BCUT2D eigenvalue weighted by Gasteiger charge is 2.00. The normalized spacial score (nSPS) is 10.1. The van der Waals surface area contributed by atoms with Gasteiger partial charge < -0.3 is 4.74 Å². The number of carbonyl (C=O) groups excluding carboxylic acids is 1. The number of hydrogen-bond donors (Lipinski definition) is 0. The fraction of sp³-hybridized carbons (Fsp3) is 0.0833. The fourth-order valence-electron chi connectivity index (χ4n) is 1.01. The van der Waals surface area contributed by atoms with E-state index in [0.29, 0.717) is 5.56 Å². The van der Waals surface area contributed by atoms with Crippen molar-refractivity contribution in [2.45, 2.75) is 0 Å². The Morgan fingerprint density at radius 3 is 2.50 bits per heavy atom. The summed E-state index contributed by atoms with van der Waals surface area (Å²) >= 11 is 0. The minimum Gasteiger partial charge on any atom is -0.497 e. The molecule has 72 valence electrons. The number of ketones is 1.